The predicted molar refractivity (Wildman–Crippen MR) is 85.5 cm³/mol. The zero-order valence-electron chi connectivity index (χ0n) is 11.2. The van der Waals surface area contributed by atoms with Crippen molar-refractivity contribution in [2.45, 2.75) is 32.7 Å². The van der Waals surface area contributed by atoms with E-state index in [2.05, 4.69) is 56.2 Å². The van der Waals surface area contributed by atoms with Crippen molar-refractivity contribution in [3.05, 3.63) is 26.6 Å². The number of hydrogen-bond acceptors (Lipinski definition) is 2. The van der Waals surface area contributed by atoms with E-state index in [1.54, 1.807) is 6.92 Å². The number of rotatable bonds is 2. The van der Waals surface area contributed by atoms with E-state index >= 15 is 0 Å². The molecule has 0 bridgehead atoms. The van der Waals surface area contributed by atoms with Gasteiger partial charge in [0.25, 0.3) is 0 Å². The van der Waals surface area contributed by atoms with E-state index in [0.29, 0.717) is 6.04 Å². The lowest BCUT2D eigenvalue weighted by Gasteiger charge is -2.32. The monoisotopic (exact) mass is 388 g/mol. The second-order valence-electron chi connectivity index (χ2n) is 5.03. The molecular formula is C14H18Br2N2O. The predicted octanol–water partition coefficient (Wildman–Crippen LogP) is 3.94. The number of benzene rings is 1. The van der Waals surface area contributed by atoms with Gasteiger partial charge in [0.05, 0.1) is 5.69 Å². The molecule has 0 spiro atoms. The number of nitrogens with one attached hydrogen (secondary N) is 1. The van der Waals surface area contributed by atoms with Gasteiger partial charge in [-0.1, -0.05) is 0 Å². The molecule has 0 aliphatic carbocycles. The van der Waals surface area contributed by atoms with Gasteiger partial charge in [0.1, 0.15) is 0 Å². The lowest BCUT2D eigenvalue weighted by Crippen LogP contribution is -2.41. The van der Waals surface area contributed by atoms with Crippen molar-refractivity contribution >= 4 is 43.5 Å². The zero-order chi connectivity index (χ0) is 14.0. The third kappa shape index (κ3) is 3.72. The van der Waals surface area contributed by atoms with Crippen LogP contribution in [0.4, 0.5) is 5.69 Å². The second kappa shape index (κ2) is 6.27. The number of aryl methyl sites for hydroxylation is 1. The third-order valence-corrected chi connectivity index (χ3v) is 4.73. The summed E-state index contributed by atoms with van der Waals surface area (Å²) in [7, 11) is 0. The Bertz CT molecular complexity index is 459. The van der Waals surface area contributed by atoms with Crippen LogP contribution in [0.1, 0.15) is 25.3 Å². The van der Waals surface area contributed by atoms with E-state index < -0.39 is 0 Å². The fourth-order valence-electron chi connectivity index (χ4n) is 2.38. The van der Waals surface area contributed by atoms with E-state index in [1.165, 1.54) is 5.56 Å². The second-order valence-corrected chi connectivity index (χ2v) is 6.74. The van der Waals surface area contributed by atoms with Gasteiger partial charge < -0.3 is 10.2 Å². The van der Waals surface area contributed by atoms with Crippen LogP contribution >= 0.6 is 31.9 Å². The van der Waals surface area contributed by atoms with Gasteiger partial charge in [-0.05, 0) is 69.3 Å². The summed E-state index contributed by atoms with van der Waals surface area (Å²) in [5.41, 5.74) is 2.32. The molecule has 0 radical (unpaired) electrons. The molecule has 1 aliphatic heterocycles. The maximum atomic E-state index is 11.3. The molecule has 3 nitrogen and oxygen atoms in total. The van der Waals surface area contributed by atoms with Crippen LogP contribution in [-0.2, 0) is 4.79 Å². The largest absolute Gasteiger partial charge is 0.380 e. The summed E-state index contributed by atoms with van der Waals surface area (Å²) in [6, 6.07) is 4.64. The van der Waals surface area contributed by atoms with Gasteiger partial charge in [-0.15, -0.1) is 0 Å². The van der Waals surface area contributed by atoms with Crippen molar-refractivity contribution in [3.8, 4) is 0 Å². The van der Waals surface area contributed by atoms with Crippen LogP contribution in [0.3, 0.4) is 0 Å². The van der Waals surface area contributed by atoms with Crippen molar-refractivity contribution in [2.75, 3.05) is 18.4 Å². The molecule has 0 unspecified atom stereocenters. The molecule has 104 valence electrons. The number of anilines is 1. The Kier molecular flexibility index (Phi) is 4.90. The SMILES string of the molecule is CC(=O)N1CCC(Nc2c(Br)cc(C)cc2Br)CC1. The maximum Gasteiger partial charge on any atom is 0.219 e. The summed E-state index contributed by atoms with van der Waals surface area (Å²) in [6.07, 6.45) is 1.98. The number of halogens is 2. The van der Waals surface area contributed by atoms with Gasteiger partial charge in [0.2, 0.25) is 5.91 Å². The van der Waals surface area contributed by atoms with Crippen molar-refractivity contribution in [2.24, 2.45) is 0 Å². The molecule has 1 aliphatic rings. The molecule has 0 atom stereocenters. The van der Waals surface area contributed by atoms with E-state index in [1.807, 2.05) is 4.90 Å². The van der Waals surface area contributed by atoms with Gasteiger partial charge in [0, 0.05) is 35.0 Å². The fraction of sp³-hybridized carbons (Fsp3) is 0.500. The summed E-state index contributed by atoms with van der Waals surface area (Å²) in [6.45, 7) is 5.40. The molecule has 0 aromatic heterocycles. The van der Waals surface area contributed by atoms with Crippen LogP contribution in [0.2, 0.25) is 0 Å². The van der Waals surface area contributed by atoms with Crippen molar-refractivity contribution in [1.29, 1.82) is 0 Å². The summed E-state index contributed by atoms with van der Waals surface area (Å²) >= 11 is 7.21. The first-order valence-corrected chi connectivity index (χ1v) is 8.03. The molecule has 1 saturated heterocycles. The highest BCUT2D eigenvalue weighted by atomic mass is 79.9. The zero-order valence-corrected chi connectivity index (χ0v) is 14.3. The minimum atomic E-state index is 0.177. The van der Waals surface area contributed by atoms with E-state index in [-0.39, 0.29) is 5.91 Å². The Labute approximate surface area is 131 Å². The molecule has 1 fully saturated rings. The number of piperidine rings is 1. The Morgan fingerprint density at radius 3 is 2.26 bits per heavy atom. The molecule has 1 aromatic carbocycles. The van der Waals surface area contributed by atoms with Gasteiger partial charge in [-0.3, -0.25) is 4.79 Å². The minimum absolute atomic E-state index is 0.177. The standard InChI is InChI=1S/C14H18Br2N2O/c1-9-7-12(15)14(13(16)8-9)17-11-3-5-18(6-4-11)10(2)19/h7-8,11,17H,3-6H2,1-2H3. The number of nitrogens with zero attached hydrogens (tertiary/aromatic N) is 1. The molecule has 5 heteroatoms. The van der Waals surface area contributed by atoms with E-state index in [9.17, 15) is 4.79 Å². The van der Waals surface area contributed by atoms with Crippen molar-refractivity contribution < 1.29 is 4.79 Å². The highest BCUT2D eigenvalue weighted by Gasteiger charge is 2.21. The lowest BCUT2D eigenvalue weighted by atomic mass is 10.0. The first kappa shape index (κ1) is 14.9. The molecule has 0 saturated carbocycles. The Morgan fingerprint density at radius 2 is 1.79 bits per heavy atom. The van der Waals surface area contributed by atoms with Gasteiger partial charge in [0.15, 0.2) is 0 Å². The molecule has 1 aromatic rings. The molecule has 1 amide bonds. The first-order chi connectivity index (χ1) is 8.97. The number of amides is 1. The first-order valence-electron chi connectivity index (χ1n) is 6.45. The lowest BCUT2D eigenvalue weighted by molar-refractivity contribution is -0.129. The van der Waals surface area contributed by atoms with Crippen LogP contribution in [0.25, 0.3) is 0 Å². The summed E-state index contributed by atoms with van der Waals surface area (Å²) in [5.74, 6) is 0.177. The number of hydrogen-bond donors (Lipinski definition) is 1. The molecule has 1 N–H and O–H groups in total. The van der Waals surface area contributed by atoms with E-state index in [0.717, 1.165) is 40.6 Å². The molecule has 19 heavy (non-hydrogen) atoms. The topological polar surface area (TPSA) is 32.3 Å². The van der Waals surface area contributed by atoms with Crippen LogP contribution in [0.15, 0.2) is 21.1 Å². The van der Waals surface area contributed by atoms with Crippen molar-refractivity contribution in [3.63, 3.8) is 0 Å². The van der Waals surface area contributed by atoms with Gasteiger partial charge in [-0.2, -0.15) is 0 Å². The third-order valence-electron chi connectivity index (χ3n) is 3.48. The van der Waals surface area contributed by atoms with Crippen LogP contribution in [-0.4, -0.2) is 29.9 Å². The molecule has 2 rings (SSSR count). The summed E-state index contributed by atoms with van der Waals surface area (Å²) in [5, 5.41) is 3.57. The quantitative estimate of drug-likeness (QED) is 0.830. The van der Waals surface area contributed by atoms with Crippen LogP contribution < -0.4 is 5.32 Å². The molecular weight excluding hydrogens is 372 g/mol. The van der Waals surface area contributed by atoms with Gasteiger partial charge >= 0.3 is 0 Å². The Morgan fingerprint density at radius 1 is 1.26 bits per heavy atom. The summed E-state index contributed by atoms with van der Waals surface area (Å²) < 4.78 is 2.15. The minimum Gasteiger partial charge on any atom is -0.380 e. The highest BCUT2D eigenvalue weighted by Crippen LogP contribution is 2.33. The number of carbonyl (C=O) groups excluding carboxylic acids is 1. The van der Waals surface area contributed by atoms with E-state index in [4.69, 9.17) is 0 Å². The smallest absolute Gasteiger partial charge is 0.219 e. The Balaban J connectivity index is 2.02. The van der Waals surface area contributed by atoms with Crippen molar-refractivity contribution in [1.82, 2.24) is 4.90 Å². The molecule has 1 heterocycles. The maximum absolute atomic E-state index is 11.3. The number of likely N-dealkylation sites (tertiary alicyclic amines) is 1. The van der Waals surface area contributed by atoms with Crippen LogP contribution in [0, 0.1) is 6.92 Å². The van der Waals surface area contributed by atoms with Gasteiger partial charge in [-0.25, -0.2) is 0 Å². The highest BCUT2D eigenvalue weighted by molar-refractivity contribution is 9.11. The average molecular weight is 390 g/mol. The average Bonchev–Trinajstić information content (AvgIpc) is 2.34. The normalized spacial score (nSPS) is 16.5. The summed E-state index contributed by atoms with van der Waals surface area (Å²) in [4.78, 5) is 13.2. The Hall–Kier alpha value is -0.550. The van der Waals surface area contributed by atoms with Crippen LogP contribution in [0.5, 0.6) is 0 Å². The number of carbonyl (C=O) groups is 1. The fourth-order valence-corrected chi connectivity index (χ4v) is 4.02.